The van der Waals surface area contributed by atoms with Crippen LogP contribution in [-0.4, -0.2) is 26.6 Å². The Labute approximate surface area is 162 Å². The van der Waals surface area contributed by atoms with Crippen molar-refractivity contribution < 1.29 is 13.2 Å². The quantitative estimate of drug-likeness (QED) is 0.821. The highest BCUT2D eigenvalue weighted by atomic mass is 32.2. The van der Waals surface area contributed by atoms with E-state index in [9.17, 15) is 13.2 Å². The number of aryl methyl sites for hydroxylation is 3. The van der Waals surface area contributed by atoms with E-state index in [2.05, 4.69) is 5.32 Å². The summed E-state index contributed by atoms with van der Waals surface area (Å²) in [4.78, 5) is 12.8. The molecular formula is C21H28N2O3S. The first-order valence-electron chi connectivity index (χ1n) is 8.94. The number of hydrogen-bond donors (Lipinski definition) is 1. The topological polar surface area (TPSA) is 66.5 Å². The van der Waals surface area contributed by atoms with Crippen molar-refractivity contribution in [2.75, 3.05) is 10.6 Å². The van der Waals surface area contributed by atoms with Gasteiger partial charge in [-0.15, -0.1) is 0 Å². The van der Waals surface area contributed by atoms with Crippen LogP contribution in [0.4, 0.5) is 5.69 Å². The largest absolute Gasteiger partial charge is 0.348 e. The molecule has 2 atom stereocenters. The minimum atomic E-state index is -3.62. The Kier molecular flexibility index (Phi) is 6.31. The molecule has 1 N–H and O–H groups in total. The summed E-state index contributed by atoms with van der Waals surface area (Å²) < 4.78 is 25.9. The second-order valence-corrected chi connectivity index (χ2v) is 9.00. The van der Waals surface area contributed by atoms with Crippen LogP contribution in [0.2, 0.25) is 0 Å². The zero-order valence-electron chi connectivity index (χ0n) is 16.8. The van der Waals surface area contributed by atoms with Crippen molar-refractivity contribution in [2.24, 2.45) is 0 Å². The summed E-state index contributed by atoms with van der Waals surface area (Å²) in [5.41, 5.74) is 4.82. The van der Waals surface area contributed by atoms with Crippen LogP contribution < -0.4 is 9.62 Å². The number of sulfonamides is 1. The smallest absolute Gasteiger partial charge is 0.244 e. The summed E-state index contributed by atoms with van der Waals surface area (Å²) in [6.07, 6.45) is 1.11. The summed E-state index contributed by atoms with van der Waals surface area (Å²) in [6.45, 7) is 9.49. The maximum Gasteiger partial charge on any atom is 0.244 e. The number of carbonyl (C=O) groups excluding carboxylic acids is 1. The summed E-state index contributed by atoms with van der Waals surface area (Å²) in [7, 11) is -3.62. The Hall–Kier alpha value is -2.34. The van der Waals surface area contributed by atoms with Crippen molar-refractivity contribution in [1.82, 2.24) is 5.32 Å². The lowest BCUT2D eigenvalue weighted by molar-refractivity contribution is -0.122. The first-order valence-corrected chi connectivity index (χ1v) is 10.8. The van der Waals surface area contributed by atoms with E-state index in [-0.39, 0.29) is 11.9 Å². The average Bonchev–Trinajstić information content (AvgIpc) is 2.57. The minimum absolute atomic E-state index is 0.223. The highest BCUT2D eigenvalue weighted by Crippen LogP contribution is 2.22. The van der Waals surface area contributed by atoms with E-state index in [4.69, 9.17) is 0 Å². The number of nitrogens with one attached hydrogen (secondary N) is 1. The number of hydrogen-bond acceptors (Lipinski definition) is 3. The minimum Gasteiger partial charge on any atom is -0.348 e. The third kappa shape index (κ3) is 5.10. The molecule has 0 aliphatic rings. The Bertz CT molecular complexity index is 921. The van der Waals surface area contributed by atoms with Crippen LogP contribution in [-0.2, 0) is 14.8 Å². The molecule has 27 heavy (non-hydrogen) atoms. The van der Waals surface area contributed by atoms with Gasteiger partial charge in [-0.25, -0.2) is 8.42 Å². The Morgan fingerprint density at radius 1 is 0.963 bits per heavy atom. The molecule has 0 unspecified atom stereocenters. The fourth-order valence-corrected chi connectivity index (χ4v) is 4.13. The molecule has 0 fully saturated rings. The lowest BCUT2D eigenvalue weighted by Crippen LogP contribution is -2.48. The van der Waals surface area contributed by atoms with Gasteiger partial charge in [0.05, 0.1) is 18.0 Å². The molecule has 5 nitrogen and oxygen atoms in total. The summed E-state index contributed by atoms with van der Waals surface area (Å²) in [5.74, 6) is -0.341. The number of rotatable bonds is 6. The molecule has 0 bridgehead atoms. The number of nitrogens with zero attached hydrogens (tertiary/aromatic N) is 1. The highest BCUT2D eigenvalue weighted by Gasteiger charge is 2.29. The Balaban J connectivity index is 2.24. The average molecular weight is 389 g/mol. The van der Waals surface area contributed by atoms with Crippen LogP contribution in [0.3, 0.4) is 0 Å². The van der Waals surface area contributed by atoms with Gasteiger partial charge < -0.3 is 5.32 Å². The molecule has 0 aromatic heterocycles. The first-order chi connectivity index (χ1) is 12.5. The third-order valence-corrected chi connectivity index (χ3v) is 6.01. The van der Waals surface area contributed by atoms with Crippen molar-refractivity contribution in [2.45, 2.75) is 46.7 Å². The lowest BCUT2D eigenvalue weighted by Gasteiger charge is -2.29. The SMILES string of the molecule is Cc1ccc(N([C@H](C)C(=O)N[C@H](C)c2ccc(C)c(C)c2)S(C)(=O)=O)cc1. The number of carbonyl (C=O) groups is 1. The normalized spacial score (nSPS) is 13.7. The maximum atomic E-state index is 12.8. The van der Waals surface area contributed by atoms with Crippen molar-refractivity contribution in [1.29, 1.82) is 0 Å². The number of benzene rings is 2. The van der Waals surface area contributed by atoms with Crippen LogP contribution in [0.25, 0.3) is 0 Å². The van der Waals surface area contributed by atoms with E-state index in [1.807, 2.05) is 58.0 Å². The van der Waals surface area contributed by atoms with Crippen LogP contribution in [0.5, 0.6) is 0 Å². The van der Waals surface area contributed by atoms with Gasteiger partial charge in [-0.2, -0.15) is 0 Å². The molecule has 2 rings (SSSR count). The maximum absolute atomic E-state index is 12.8. The highest BCUT2D eigenvalue weighted by molar-refractivity contribution is 7.92. The Morgan fingerprint density at radius 2 is 1.56 bits per heavy atom. The standard InChI is InChI=1S/C21H28N2O3S/c1-14-7-11-20(12-8-14)23(27(6,25)26)18(5)21(24)22-17(4)19-10-9-15(2)16(3)13-19/h7-13,17-18H,1-6H3,(H,22,24)/t17-,18-/m1/s1. The van der Waals surface area contributed by atoms with Gasteiger partial charge in [0.2, 0.25) is 15.9 Å². The van der Waals surface area contributed by atoms with Gasteiger partial charge in [0.1, 0.15) is 6.04 Å². The van der Waals surface area contributed by atoms with E-state index in [1.165, 1.54) is 5.56 Å². The molecule has 0 saturated carbocycles. The van der Waals surface area contributed by atoms with Gasteiger partial charge in [0, 0.05) is 0 Å². The van der Waals surface area contributed by atoms with Gasteiger partial charge in [0.25, 0.3) is 0 Å². The molecule has 0 saturated heterocycles. The van der Waals surface area contributed by atoms with Crippen LogP contribution >= 0.6 is 0 Å². The van der Waals surface area contributed by atoms with Crippen LogP contribution in [0, 0.1) is 20.8 Å². The second kappa shape index (κ2) is 8.13. The molecule has 0 spiro atoms. The van der Waals surface area contributed by atoms with Gasteiger partial charge in [-0.05, 0) is 63.4 Å². The van der Waals surface area contributed by atoms with Crippen LogP contribution in [0.1, 0.15) is 42.1 Å². The third-order valence-electron chi connectivity index (χ3n) is 4.77. The summed E-state index contributed by atoms with van der Waals surface area (Å²) in [5, 5.41) is 2.93. The van der Waals surface area contributed by atoms with E-state index in [0.29, 0.717) is 5.69 Å². The molecule has 2 aromatic rings. The second-order valence-electron chi connectivity index (χ2n) is 7.14. The lowest BCUT2D eigenvalue weighted by atomic mass is 10.0. The molecule has 146 valence electrons. The van der Waals surface area contributed by atoms with Crippen molar-refractivity contribution >= 4 is 21.6 Å². The van der Waals surface area contributed by atoms with Crippen molar-refractivity contribution in [3.05, 3.63) is 64.7 Å². The monoisotopic (exact) mass is 388 g/mol. The van der Waals surface area contributed by atoms with Crippen molar-refractivity contribution in [3.63, 3.8) is 0 Å². The molecule has 1 amide bonds. The predicted octanol–water partition coefficient (Wildman–Crippen LogP) is 3.64. The predicted molar refractivity (Wildman–Crippen MR) is 110 cm³/mol. The summed E-state index contributed by atoms with van der Waals surface area (Å²) in [6, 6.07) is 12.0. The number of anilines is 1. The van der Waals surface area contributed by atoms with Crippen LogP contribution in [0.15, 0.2) is 42.5 Å². The Morgan fingerprint density at radius 3 is 2.07 bits per heavy atom. The molecule has 6 heteroatoms. The molecule has 0 aliphatic heterocycles. The summed E-state index contributed by atoms with van der Waals surface area (Å²) >= 11 is 0. The number of amides is 1. The fraction of sp³-hybridized carbons (Fsp3) is 0.381. The van der Waals surface area contributed by atoms with Crippen molar-refractivity contribution in [3.8, 4) is 0 Å². The zero-order valence-corrected chi connectivity index (χ0v) is 17.6. The molecule has 0 radical (unpaired) electrons. The zero-order chi connectivity index (χ0) is 20.4. The molecular weight excluding hydrogens is 360 g/mol. The van der Waals surface area contributed by atoms with Gasteiger partial charge in [-0.1, -0.05) is 35.9 Å². The van der Waals surface area contributed by atoms with Gasteiger partial charge >= 0.3 is 0 Å². The van der Waals surface area contributed by atoms with Gasteiger partial charge in [0.15, 0.2) is 0 Å². The van der Waals surface area contributed by atoms with E-state index < -0.39 is 16.1 Å². The first kappa shape index (κ1) is 21.0. The van der Waals surface area contributed by atoms with Gasteiger partial charge in [-0.3, -0.25) is 9.10 Å². The molecule has 0 aliphatic carbocycles. The van der Waals surface area contributed by atoms with E-state index >= 15 is 0 Å². The molecule has 0 heterocycles. The van der Waals surface area contributed by atoms with E-state index in [1.54, 1.807) is 19.1 Å². The fourth-order valence-electron chi connectivity index (χ4n) is 2.95. The van der Waals surface area contributed by atoms with E-state index in [0.717, 1.165) is 27.3 Å². The molecule has 2 aromatic carbocycles.